The predicted octanol–water partition coefficient (Wildman–Crippen LogP) is 0.717. The number of hydrogen-bond acceptors (Lipinski definition) is 3. The second-order valence-electron chi connectivity index (χ2n) is 4.41. The van der Waals surface area contributed by atoms with Gasteiger partial charge in [0.15, 0.2) is 0 Å². The minimum Gasteiger partial charge on any atom is -0.354 e. The summed E-state index contributed by atoms with van der Waals surface area (Å²) >= 11 is 0. The number of nitrogens with two attached hydrogens (primary N) is 1. The minimum atomic E-state index is -0.761. The molecule has 19 heavy (non-hydrogen) atoms. The maximum absolute atomic E-state index is 11.9. The smallest absolute Gasteiger partial charge is 0.242 e. The Labute approximate surface area is 113 Å². The quantitative estimate of drug-likeness (QED) is 0.707. The molecule has 0 aliphatic carbocycles. The first-order valence-corrected chi connectivity index (χ1v) is 6.44. The van der Waals surface area contributed by atoms with Crippen molar-refractivity contribution >= 4 is 11.8 Å². The molecule has 104 valence electrons. The maximum atomic E-state index is 11.9. The van der Waals surface area contributed by atoms with Crippen LogP contribution in [-0.4, -0.2) is 24.4 Å². The van der Waals surface area contributed by atoms with Crippen molar-refractivity contribution in [3.63, 3.8) is 0 Å². The minimum absolute atomic E-state index is 0.199. The van der Waals surface area contributed by atoms with Gasteiger partial charge >= 0.3 is 0 Å². The number of amides is 2. The molecule has 5 nitrogen and oxygen atoms in total. The Morgan fingerprint density at radius 2 is 1.84 bits per heavy atom. The van der Waals surface area contributed by atoms with Gasteiger partial charge in [-0.15, -0.1) is 0 Å². The van der Waals surface area contributed by atoms with Crippen molar-refractivity contribution in [3.8, 4) is 0 Å². The number of hydrogen-bond donors (Lipinski definition) is 3. The summed E-state index contributed by atoms with van der Waals surface area (Å²) in [5.41, 5.74) is 6.57. The monoisotopic (exact) mass is 263 g/mol. The average molecular weight is 263 g/mol. The summed E-state index contributed by atoms with van der Waals surface area (Å²) in [4.78, 5) is 23.5. The molecule has 5 heteroatoms. The second-order valence-corrected chi connectivity index (χ2v) is 4.41. The number of rotatable bonds is 6. The van der Waals surface area contributed by atoms with Crippen LogP contribution in [0, 0.1) is 0 Å². The van der Waals surface area contributed by atoms with Gasteiger partial charge in [0.1, 0.15) is 12.1 Å². The highest BCUT2D eigenvalue weighted by molar-refractivity contribution is 5.89. The lowest BCUT2D eigenvalue weighted by Gasteiger charge is -2.17. The molecule has 0 radical (unpaired) electrons. The molecular formula is C14H21N3O2. The fourth-order valence-corrected chi connectivity index (χ4v) is 1.58. The van der Waals surface area contributed by atoms with E-state index in [1.54, 1.807) is 19.1 Å². The average Bonchev–Trinajstić information content (AvgIpc) is 2.44. The summed E-state index contributed by atoms with van der Waals surface area (Å²) in [5.74, 6) is -0.555. The number of carbonyl (C=O) groups is 2. The van der Waals surface area contributed by atoms with E-state index in [1.807, 2.05) is 25.1 Å². The van der Waals surface area contributed by atoms with E-state index in [0.717, 1.165) is 12.0 Å². The predicted molar refractivity (Wildman–Crippen MR) is 74.3 cm³/mol. The summed E-state index contributed by atoms with van der Waals surface area (Å²) < 4.78 is 0. The normalized spacial score (nSPS) is 13.4. The lowest BCUT2D eigenvalue weighted by molar-refractivity contribution is -0.129. The Morgan fingerprint density at radius 3 is 2.42 bits per heavy atom. The summed E-state index contributed by atoms with van der Waals surface area (Å²) in [6, 6.07) is 7.71. The molecule has 0 saturated carbocycles. The Bertz CT molecular complexity index is 420. The number of benzene rings is 1. The van der Waals surface area contributed by atoms with Crippen LogP contribution in [0.4, 0.5) is 0 Å². The van der Waals surface area contributed by atoms with E-state index in [0.29, 0.717) is 6.54 Å². The van der Waals surface area contributed by atoms with E-state index in [4.69, 9.17) is 5.73 Å². The molecule has 1 aromatic rings. The molecule has 0 fully saturated rings. The Kier molecular flexibility index (Phi) is 6.02. The topological polar surface area (TPSA) is 84.2 Å². The molecule has 0 spiro atoms. The maximum Gasteiger partial charge on any atom is 0.242 e. The van der Waals surface area contributed by atoms with Gasteiger partial charge in [-0.05, 0) is 18.9 Å². The Balaban J connectivity index is 2.52. The van der Waals surface area contributed by atoms with Crippen LogP contribution >= 0.6 is 0 Å². The van der Waals surface area contributed by atoms with Crippen LogP contribution in [0.5, 0.6) is 0 Å². The van der Waals surface area contributed by atoms with E-state index in [2.05, 4.69) is 10.6 Å². The van der Waals surface area contributed by atoms with Crippen molar-refractivity contribution in [2.45, 2.75) is 32.4 Å². The van der Waals surface area contributed by atoms with E-state index in [-0.39, 0.29) is 11.8 Å². The van der Waals surface area contributed by atoms with E-state index in [9.17, 15) is 9.59 Å². The van der Waals surface area contributed by atoms with Gasteiger partial charge < -0.3 is 16.4 Å². The molecule has 0 aliphatic heterocycles. The zero-order valence-electron chi connectivity index (χ0n) is 11.3. The molecule has 2 amide bonds. The first-order valence-electron chi connectivity index (χ1n) is 6.44. The van der Waals surface area contributed by atoms with Crippen molar-refractivity contribution < 1.29 is 9.59 Å². The van der Waals surface area contributed by atoms with Crippen molar-refractivity contribution in [2.75, 3.05) is 6.54 Å². The fourth-order valence-electron chi connectivity index (χ4n) is 1.58. The van der Waals surface area contributed by atoms with Gasteiger partial charge in [-0.1, -0.05) is 37.3 Å². The van der Waals surface area contributed by atoms with E-state index in [1.165, 1.54) is 0 Å². The van der Waals surface area contributed by atoms with Gasteiger partial charge in [0.25, 0.3) is 0 Å². The van der Waals surface area contributed by atoms with Crippen LogP contribution in [0.1, 0.15) is 31.9 Å². The second kappa shape index (κ2) is 7.53. The van der Waals surface area contributed by atoms with Gasteiger partial charge in [0.2, 0.25) is 11.8 Å². The summed E-state index contributed by atoms with van der Waals surface area (Å²) in [7, 11) is 0. The van der Waals surface area contributed by atoms with Gasteiger partial charge in [-0.25, -0.2) is 0 Å². The molecule has 4 N–H and O–H groups in total. The standard InChI is InChI=1S/C14H21N3O2/c1-3-9-16-13(18)10(2)17-14(19)12(15)11-7-5-4-6-8-11/h4-8,10,12H,3,9,15H2,1-2H3,(H,16,18)(H,17,19)/t10?,12-/m0/s1. The molecule has 0 aliphatic rings. The van der Waals surface area contributed by atoms with Crippen LogP contribution in [0.2, 0.25) is 0 Å². The molecule has 1 unspecified atom stereocenters. The molecular weight excluding hydrogens is 242 g/mol. The van der Waals surface area contributed by atoms with Crippen LogP contribution in [0.15, 0.2) is 30.3 Å². The summed E-state index contributed by atoms with van der Waals surface area (Å²) in [6.07, 6.45) is 0.857. The highest BCUT2D eigenvalue weighted by atomic mass is 16.2. The summed E-state index contributed by atoms with van der Waals surface area (Å²) in [6.45, 7) is 4.21. The molecule has 1 rings (SSSR count). The number of carbonyl (C=O) groups excluding carboxylic acids is 2. The van der Waals surface area contributed by atoms with Crippen molar-refractivity contribution in [1.82, 2.24) is 10.6 Å². The van der Waals surface area contributed by atoms with Crippen LogP contribution < -0.4 is 16.4 Å². The SMILES string of the molecule is CCCNC(=O)C(C)NC(=O)[C@@H](N)c1ccccc1. The lowest BCUT2D eigenvalue weighted by Crippen LogP contribution is -2.47. The molecule has 0 aromatic heterocycles. The molecule has 0 heterocycles. The van der Waals surface area contributed by atoms with Crippen LogP contribution in [-0.2, 0) is 9.59 Å². The first kappa shape index (κ1) is 15.2. The third-order valence-corrected chi connectivity index (χ3v) is 2.74. The highest BCUT2D eigenvalue weighted by Gasteiger charge is 2.20. The third-order valence-electron chi connectivity index (χ3n) is 2.74. The van der Waals surface area contributed by atoms with E-state index < -0.39 is 12.1 Å². The van der Waals surface area contributed by atoms with Gasteiger partial charge in [0, 0.05) is 6.54 Å². The number of nitrogens with one attached hydrogen (secondary N) is 2. The molecule has 0 bridgehead atoms. The van der Waals surface area contributed by atoms with Gasteiger partial charge in [0.05, 0.1) is 0 Å². The molecule has 1 aromatic carbocycles. The van der Waals surface area contributed by atoms with Crippen LogP contribution in [0.25, 0.3) is 0 Å². The lowest BCUT2D eigenvalue weighted by atomic mass is 10.1. The van der Waals surface area contributed by atoms with Crippen LogP contribution in [0.3, 0.4) is 0 Å². The summed E-state index contributed by atoms with van der Waals surface area (Å²) in [5, 5.41) is 5.33. The third kappa shape index (κ3) is 4.71. The Hall–Kier alpha value is -1.88. The van der Waals surface area contributed by atoms with E-state index >= 15 is 0 Å². The fraction of sp³-hybridized carbons (Fsp3) is 0.429. The zero-order chi connectivity index (χ0) is 14.3. The largest absolute Gasteiger partial charge is 0.354 e. The highest BCUT2D eigenvalue weighted by Crippen LogP contribution is 2.09. The Morgan fingerprint density at radius 1 is 1.21 bits per heavy atom. The molecule has 0 saturated heterocycles. The van der Waals surface area contributed by atoms with Crippen molar-refractivity contribution in [2.24, 2.45) is 5.73 Å². The van der Waals surface area contributed by atoms with Crippen molar-refractivity contribution in [1.29, 1.82) is 0 Å². The zero-order valence-corrected chi connectivity index (χ0v) is 11.3. The van der Waals surface area contributed by atoms with Gasteiger partial charge in [-0.2, -0.15) is 0 Å². The van der Waals surface area contributed by atoms with Gasteiger partial charge in [-0.3, -0.25) is 9.59 Å². The first-order chi connectivity index (χ1) is 9.06. The van der Waals surface area contributed by atoms with Crippen molar-refractivity contribution in [3.05, 3.63) is 35.9 Å². The molecule has 2 atom stereocenters.